The van der Waals surface area contributed by atoms with Crippen molar-refractivity contribution in [3.8, 4) is 5.75 Å². The number of amides is 2. The fourth-order valence-electron chi connectivity index (χ4n) is 3.10. The molecule has 2 rings (SSSR count). The number of ether oxygens (including phenoxy) is 1. The molecule has 31 heavy (non-hydrogen) atoms. The molecule has 0 fully saturated rings. The van der Waals surface area contributed by atoms with Crippen LogP contribution in [0.2, 0.25) is 0 Å². The lowest BCUT2D eigenvalue weighted by Crippen LogP contribution is -2.51. The molecule has 0 aliphatic carbocycles. The number of nitrogens with one attached hydrogen (secondary N) is 1. The minimum Gasteiger partial charge on any atom is -0.497 e. The Bertz CT molecular complexity index is 811. The van der Waals surface area contributed by atoms with Crippen LogP contribution in [-0.2, 0) is 21.8 Å². The number of rotatable bonds is 12. The topological polar surface area (TPSA) is 58.6 Å². The molecule has 0 unspecified atom stereocenters. The highest BCUT2D eigenvalue weighted by Gasteiger charge is 2.26. The van der Waals surface area contributed by atoms with Crippen molar-refractivity contribution in [1.29, 1.82) is 0 Å². The smallest absolute Gasteiger partial charge is 0.242 e. The van der Waals surface area contributed by atoms with Gasteiger partial charge in [0.05, 0.1) is 12.9 Å². The second-order valence-corrected chi connectivity index (χ2v) is 8.64. The van der Waals surface area contributed by atoms with Crippen LogP contribution < -0.4 is 10.1 Å². The monoisotopic (exact) mass is 442 g/mol. The van der Waals surface area contributed by atoms with Gasteiger partial charge in [0.1, 0.15) is 11.8 Å². The largest absolute Gasteiger partial charge is 0.497 e. The molecule has 5 nitrogen and oxygen atoms in total. The van der Waals surface area contributed by atoms with Gasteiger partial charge in [0.25, 0.3) is 0 Å². The first-order valence-corrected chi connectivity index (χ1v) is 11.9. The van der Waals surface area contributed by atoms with Crippen LogP contribution in [0, 0.1) is 0 Å². The number of nitrogens with zero attached hydrogens (tertiary/aromatic N) is 1. The first kappa shape index (κ1) is 24.8. The molecule has 2 amide bonds. The van der Waals surface area contributed by atoms with E-state index in [2.05, 4.69) is 5.32 Å². The molecule has 0 aliphatic heterocycles. The fourth-order valence-corrected chi connectivity index (χ4v) is 3.97. The number of methoxy groups -OCH3 is 1. The van der Waals surface area contributed by atoms with E-state index in [9.17, 15) is 9.59 Å². The zero-order valence-corrected chi connectivity index (χ0v) is 19.8. The average Bonchev–Trinajstić information content (AvgIpc) is 2.80. The lowest BCUT2D eigenvalue weighted by atomic mass is 10.1. The van der Waals surface area contributed by atoms with Crippen LogP contribution in [0.5, 0.6) is 5.75 Å². The number of carbonyl (C=O) groups excluding carboxylic acids is 2. The van der Waals surface area contributed by atoms with Crippen LogP contribution in [-0.4, -0.2) is 48.2 Å². The summed E-state index contributed by atoms with van der Waals surface area (Å²) < 4.78 is 5.19. The molecule has 2 aromatic carbocycles. The third kappa shape index (κ3) is 8.29. The lowest BCUT2D eigenvalue weighted by Gasteiger charge is -2.29. The lowest BCUT2D eigenvalue weighted by molar-refractivity contribution is -0.138. The molecule has 0 aromatic heterocycles. The third-order valence-corrected chi connectivity index (χ3v) is 6.29. The second kappa shape index (κ2) is 13.1. The van der Waals surface area contributed by atoms with Gasteiger partial charge in [0.15, 0.2) is 0 Å². The molecule has 2 atom stereocenters. The summed E-state index contributed by atoms with van der Waals surface area (Å²) in [4.78, 5) is 27.5. The van der Waals surface area contributed by atoms with E-state index in [0.29, 0.717) is 12.3 Å². The first-order chi connectivity index (χ1) is 14.9. The van der Waals surface area contributed by atoms with Crippen molar-refractivity contribution in [2.45, 2.75) is 51.4 Å². The van der Waals surface area contributed by atoms with E-state index in [-0.39, 0.29) is 17.9 Å². The van der Waals surface area contributed by atoms with Gasteiger partial charge in [-0.05, 0) is 49.9 Å². The highest BCUT2D eigenvalue weighted by atomic mass is 32.2. The van der Waals surface area contributed by atoms with Gasteiger partial charge >= 0.3 is 0 Å². The van der Waals surface area contributed by atoms with Gasteiger partial charge < -0.3 is 15.0 Å². The molecule has 0 saturated carbocycles. The number of hydrogen-bond donors (Lipinski definition) is 1. The number of hydrogen-bond acceptors (Lipinski definition) is 4. The molecule has 1 N–H and O–H groups in total. The summed E-state index contributed by atoms with van der Waals surface area (Å²) >= 11 is 1.56. The van der Waals surface area contributed by atoms with Gasteiger partial charge in [-0.1, -0.05) is 49.4 Å². The van der Waals surface area contributed by atoms with Crippen molar-refractivity contribution in [2.24, 2.45) is 0 Å². The normalized spacial score (nSPS) is 12.6. The highest BCUT2D eigenvalue weighted by molar-refractivity contribution is 7.99. The Morgan fingerprint density at radius 3 is 2.32 bits per heavy atom. The van der Waals surface area contributed by atoms with Crippen molar-refractivity contribution >= 4 is 23.6 Å². The van der Waals surface area contributed by atoms with Crippen molar-refractivity contribution < 1.29 is 14.3 Å². The highest BCUT2D eigenvalue weighted by Crippen LogP contribution is 2.18. The van der Waals surface area contributed by atoms with Crippen LogP contribution in [0.3, 0.4) is 0 Å². The molecule has 0 aliphatic rings. The van der Waals surface area contributed by atoms with E-state index in [0.717, 1.165) is 35.5 Å². The summed E-state index contributed by atoms with van der Waals surface area (Å²) in [5, 5.41) is 3.00. The van der Waals surface area contributed by atoms with Gasteiger partial charge in [-0.2, -0.15) is 0 Å². The zero-order valence-electron chi connectivity index (χ0n) is 19.0. The van der Waals surface area contributed by atoms with Gasteiger partial charge in [-0.25, -0.2) is 0 Å². The van der Waals surface area contributed by atoms with Gasteiger partial charge in [0, 0.05) is 18.3 Å². The summed E-state index contributed by atoms with van der Waals surface area (Å²) in [5.74, 6) is 1.77. The summed E-state index contributed by atoms with van der Waals surface area (Å²) in [6.07, 6.45) is 1.57. The quantitative estimate of drug-likeness (QED) is 0.532. The van der Waals surface area contributed by atoms with Gasteiger partial charge in [-0.3, -0.25) is 9.59 Å². The van der Waals surface area contributed by atoms with Crippen LogP contribution in [0.4, 0.5) is 0 Å². The molecule has 0 radical (unpaired) electrons. The number of thioether (sulfide) groups is 1. The predicted octanol–water partition coefficient (Wildman–Crippen LogP) is 4.30. The van der Waals surface area contributed by atoms with E-state index in [4.69, 9.17) is 4.74 Å². The van der Waals surface area contributed by atoms with Crippen LogP contribution in [0.15, 0.2) is 54.6 Å². The van der Waals surface area contributed by atoms with E-state index >= 15 is 0 Å². The summed E-state index contributed by atoms with van der Waals surface area (Å²) in [6.45, 7) is 6.34. The van der Waals surface area contributed by atoms with Gasteiger partial charge in [-0.15, -0.1) is 11.8 Å². The Kier molecular flexibility index (Phi) is 10.4. The van der Waals surface area contributed by atoms with Crippen molar-refractivity contribution in [2.75, 3.05) is 19.4 Å². The molecule has 0 bridgehead atoms. The Labute approximate surface area is 190 Å². The second-order valence-electron chi connectivity index (χ2n) is 7.66. The first-order valence-electron chi connectivity index (χ1n) is 10.8. The fraction of sp³-hybridized carbons (Fsp3) is 0.440. The Balaban J connectivity index is 1.98. The molecule has 2 aromatic rings. The Morgan fingerprint density at radius 2 is 1.71 bits per heavy atom. The Hall–Kier alpha value is -2.47. The summed E-state index contributed by atoms with van der Waals surface area (Å²) in [5.41, 5.74) is 2.29. The maximum absolute atomic E-state index is 13.1. The zero-order chi connectivity index (χ0) is 22.6. The van der Waals surface area contributed by atoms with Crippen molar-refractivity contribution in [3.05, 3.63) is 65.7 Å². The minimum absolute atomic E-state index is 0.0127. The van der Waals surface area contributed by atoms with Crippen LogP contribution in [0.1, 0.15) is 38.3 Å². The van der Waals surface area contributed by atoms with E-state index in [1.165, 1.54) is 0 Å². The molecule has 0 heterocycles. The maximum Gasteiger partial charge on any atom is 0.242 e. The Morgan fingerprint density at radius 1 is 1.03 bits per heavy atom. The number of benzene rings is 2. The van der Waals surface area contributed by atoms with Gasteiger partial charge in [0.2, 0.25) is 11.8 Å². The summed E-state index contributed by atoms with van der Waals surface area (Å²) in [6, 6.07) is 17.5. The van der Waals surface area contributed by atoms with Crippen LogP contribution in [0.25, 0.3) is 0 Å². The van der Waals surface area contributed by atoms with Crippen LogP contribution >= 0.6 is 11.8 Å². The van der Waals surface area contributed by atoms with E-state index in [1.54, 1.807) is 23.8 Å². The maximum atomic E-state index is 13.1. The molecule has 6 heteroatoms. The predicted molar refractivity (Wildman–Crippen MR) is 128 cm³/mol. The SMILES string of the molecule is CC[C@@H](C)NC(=O)[C@H](C)N(CCc1ccccc1)C(=O)CSCc1ccc(OC)cc1. The molecule has 0 saturated heterocycles. The summed E-state index contributed by atoms with van der Waals surface area (Å²) in [7, 11) is 1.64. The van der Waals surface area contributed by atoms with Crippen molar-refractivity contribution in [1.82, 2.24) is 10.2 Å². The molecular formula is C25H34N2O3S. The average molecular weight is 443 g/mol. The third-order valence-electron chi connectivity index (χ3n) is 5.31. The molecular weight excluding hydrogens is 408 g/mol. The standard InChI is InChI=1S/C25H34N2O3S/c1-5-19(2)26-25(29)20(3)27(16-15-21-9-7-6-8-10-21)24(28)18-31-17-22-11-13-23(30-4)14-12-22/h6-14,19-20H,5,15-18H2,1-4H3,(H,26,29)/t19-,20+/m1/s1. The van der Waals surface area contributed by atoms with Crippen molar-refractivity contribution in [3.63, 3.8) is 0 Å². The number of carbonyl (C=O) groups is 2. The van der Waals surface area contributed by atoms with E-state index < -0.39 is 6.04 Å². The minimum atomic E-state index is -0.508. The van der Waals surface area contributed by atoms with E-state index in [1.807, 2.05) is 75.4 Å². The molecule has 0 spiro atoms. The molecule has 168 valence electrons.